The number of rotatable bonds is 5. The first-order chi connectivity index (χ1) is 18.2. The molecule has 2 aromatic rings. The Morgan fingerprint density at radius 1 is 1.05 bits per heavy atom. The fraction of sp³-hybridized carbons (Fsp3) is 0.393. The van der Waals surface area contributed by atoms with Gasteiger partial charge in [0.2, 0.25) is 5.75 Å². The number of hydrogen-bond acceptors (Lipinski definition) is 7. The van der Waals surface area contributed by atoms with Crippen LogP contribution in [0.25, 0.3) is 6.08 Å². The molecule has 2 aromatic carbocycles. The fourth-order valence-electron chi connectivity index (χ4n) is 7.48. The zero-order chi connectivity index (χ0) is 26.8. The maximum absolute atomic E-state index is 13.4. The highest BCUT2D eigenvalue weighted by atomic mass is 16.6. The molecule has 4 bridgehead atoms. The monoisotopic (exact) mass is 517 g/mol. The molecule has 0 radical (unpaired) electrons. The van der Waals surface area contributed by atoms with E-state index in [0.717, 1.165) is 34.8 Å². The summed E-state index contributed by atoms with van der Waals surface area (Å²) in [5.74, 6) is -0.291. The van der Waals surface area contributed by atoms with Crippen LogP contribution in [0.15, 0.2) is 42.0 Å². The van der Waals surface area contributed by atoms with Gasteiger partial charge in [0.15, 0.2) is 5.75 Å². The Kier molecular flexibility index (Phi) is 5.51. The number of phenols is 1. The summed E-state index contributed by atoms with van der Waals surface area (Å²) in [7, 11) is 1.22. The number of anilines is 1. The third kappa shape index (κ3) is 3.82. The van der Waals surface area contributed by atoms with Crippen LogP contribution >= 0.6 is 0 Å². The Morgan fingerprint density at radius 3 is 2.21 bits per heavy atom. The Bertz CT molecular complexity index is 1380. The normalized spacial score (nSPS) is 29.1. The Morgan fingerprint density at radius 2 is 1.66 bits per heavy atom. The third-order valence-electron chi connectivity index (χ3n) is 8.68. The van der Waals surface area contributed by atoms with Crippen LogP contribution in [-0.2, 0) is 15.0 Å². The molecule has 196 valence electrons. The number of nitrogens with zero attached hydrogens (tertiary/aromatic N) is 2. The first-order valence-electron chi connectivity index (χ1n) is 12.7. The second-order valence-electron chi connectivity index (χ2n) is 11.1. The molecule has 10 nitrogen and oxygen atoms in total. The van der Waals surface area contributed by atoms with E-state index < -0.39 is 34.2 Å². The number of carbonyl (C=O) groups is 3. The number of phenolic OH excluding ortho intramolecular Hbond substituents is 1. The number of imide groups is 2. The van der Waals surface area contributed by atoms with Crippen LogP contribution in [-0.4, -0.2) is 35.0 Å². The molecule has 0 unspecified atom stereocenters. The predicted molar refractivity (Wildman–Crippen MR) is 137 cm³/mol. The van der Waals surface area contributed by atoms with Crippen molar-refractivity contribution >= 4 is 35.3 Å². The third-order valence-corrected chi connectivity index (χ3v) is 8.68. The van der Waals surface area contributed by atoms with Gasteiger partial charge in [0.25, 0.3) is 11.8 Å². The second-order valence-corrected chi connectivity index (χ2v) is 11.1. The number of nitrogens with one attached hydrogen (secondary N) is 1. The van der Waals surface area contributed by atoms with Crippen molar-refractivity contribution in [1.29, 1.82) is 0 Å². The van der Waals surface area contributed by atoms with Gasteiger partial charge in [0, 0.05) is 6.07 Å². The molecule has 5 aliphatic rings. The number of amides is 4. The number of aromatic hydroxyl groups is 1. The van der Waals surface area contributed by atoms with E-state index in [1.54, 1.807) is 12.1 Å². The van der Waals surface area contributed by atoms with Crippen molar-refractivity contribution < 1.29 is 29.2 Å². The largest absolute Gasteiger partial charge is 0.500 e. The molecule has 4 saturated carbocycles. The van der Waals surface area contributed by atoms with Crippen LogP contribution in [0.2, 0.25) is 0 Å². The number of urea groups is 1. The van der Waals surface area contributed by atoms with Gasteiger partial charge >= 0.3 is 11.7 Å². The lowest BCUT2D eigenvalue weighted by Gasteiger charge is -2.57. The SMILES string of the molecule is COc1cc(/C=C2\C(=O)NC(=O)N(c3ccc(C45CC6CC(CC(C6)C4)C5)cc3)C2=O)cc([N+](=O)[O-])c1O. The van der Waals surface area contributed by atoms with Gasteiger partial charge < -0.3 is 9.84 Å². The molecule has 4 amide bonds. The van der Waals surface area contributed by atoms with Gasteiger partial charge in [-0.25, -0.2) is 9.69 Å². The van der Waals surface area contributed by atoms with Crippen molar-refractivity contribution in [3.05, 3.63) is 63.2 Å². The van der Waals surface area contributed by atoms with Crippen molar-refractivity contribution in [2.24, 2.45) is 17.8 Å². The number of benzene rings is 2. The number of methoxy groups -OCH3 is 1. The van der Waals surface area contributed by atoms with E-state index >= 15 is 0 Å². The number of carbonyl (C=O) groups excluding carboxylic acids is 3. The van der Waals surface area contributed by atoms with E-state index in [9.17, 15) is 29.6 Å². The van der Waals surface area contributed by atoms with Gasteiger partial charge in [-0.2, -0.15) is 0 Å². The minimum atomic E-state index is -0.920. The predicted octanol–water partition coefficient (Wildman–Crippen LogP) is 4.44. The maximum atomic E-state index is 13.4. The molecule has 5 fully saturated rings. The molecule has 4 aliphatic carbocycles. The van der Waals surface area contributed by atoms with Crippen LogP contribution in [0, 0.1) is 27.9 Å². The van der Waals surface area contributed by atoms with Crippen molar-refractivity contribution in [2.75, 3.05) is 12.0 Å². The van der Waals surface area contributed by atoms with Gasteiger partial charge in [0.1, 0.15) is 5.57 Å². The highest BCUT2D eigenvalue weighted by Gasteiger charge is 2.51. The summed E-state index contributed by atoms with van der Waals surface area (Å²) in [6.07, 6.45) is 8.69. The number of nitro benzene ring substituents is 1. The van der Waals surface area contributed by atoms with Crippen LogP contribution in [0.5, 0.6) is 11.5 Å². The molecule has 2 N–H and O–H groups in total. The maximum Gasteiger partial charge on any atom is 0.335 e. The first-order valence-corrected chi connectivity index (χ1v) is 12.7. The minimum Gasteiger partial charge on any atom is -0.500 e. The number of hydrogen-bond donors (Lipinski definition) is 2. The number of barbiturate groups is 1. The molecule has 1 aliphatic heterocycles. The molecule has 0 aromatic heterocycles. The van der Waals surface area contributed by atoms with E-state index in [-0.39, 0.29) is 22.3 Å². The highest BCUT2D eigenvalue weighted by molar-refractivity contribution is 6.39. The summed E-state index contributed by atoms with van der Waals surface area (Å²) in [5.41, 5.74) is 0.783. The lowest BCUT2D eigenvalue weighted by atomic mass is 9.48. The molecular formula is C28H27N3O7. The smallest absolute Gasteiger partial charge is 0.335 e. The van der Waals surface area contributed by atoms with Gasteiger partial charge in [-0.15, -0.1) is 0 Å². The zero-order valence-electron chi connectivity index (χ0n) is 20.8. The molecule has 10 heteroatoms. The van der Waals surface area contributed by atoms with Crippen LogP contribution in [0.3, 0.4) is 0 Å². The first kappa shape index (κ1) is 24.1. The summed E-state index contributed by atoms with van der Waals surface area (Å²) in [4.78, 5) is 50.1. The standard InChI is InChI=1S/C28H27N3O7/c1-38-23-11-15(10-22(24(23)32)31(36)37)9-21-25(33)29-27(35)30(26(21)34)20-4-2-19(3-5-20)28-12-16-6-17(13-28)8-18(7-16)14-28/h2-5,9-11,16-18,32H,6-8,12-14H2,1H3,(H,29,33,35)/b21-9+. The van der Waals surface area contributed by atoms with Crippen molar-refractivity contribution in [1.82, 2.24) is 5.32 Å². The van der Waals surface area contributed by atoms with E-state index in [1.165, 1.54) is 57.3 Å². The van der Waals surface area contributed by atoms with E-state index in [0.29, 0.717) is 5.69 Å². The van der Waals surface area contributed by atoms with Gasteiger partial charge in [-0.3, -0.25) is 25.0 Å². The van der Waals surface area contributed by atoms with Gasteiger partial charge in [-0.1, -0.05) is 12.1 Å². The van der Waals surface area contributed by atoms with Crippen LogP contribution in [0.4, 0.5) is 16.2 Å². The molecule has 1 heterocycles. The molecular weight excluding hydrogens is 490 g/mol. The van der Waals surface area contributed by atoms with E-state index in [1.807, 2.05) is 12.1 Å². The van der Waals surface area contributed by atoms with Crippen molar-refractivity contribution in [2.45, 2.75) is 43.9 Å². The van der Waals surface area contributed by atoms with Crippen LogP contribution in [0.1, 0.15) is 49.7 Å². The highest BCUT2D eigenvalue weighted by Crippen LogP contribution is 2.60. The zero-order valence-corrected chi connectivity index (χ0v) is 20.8. The Labute approximate surface area is 218 Å². The van der Waals surface area contributed by atoms with E-state index in [2.05, 4.69) is 5.32 Å². The lowest BCUT2D eigenvalue weighted by molar-refractivity contribution is -0.386. The second kappa shape index (κ2) is 8.68. The molecule has 38 heavy (non-hydrogen) atoms. The molecule has 0 spiro atoms. The molecule has 1 saturated heterocycles. The summed E-state index contributed by atoms with van der Waals surface area (Å²) in [6.45, 7) is 0. The fourth-order valence-corrected chi connectivity index (χ4v) is 7.48. The van der Waals surface area contributed by atoms with E-state index in [4.69, 9.17) is 4.74 Å². The molecule has 0 atom stereocenters. The summed E-state index contributed by atoms with van der Waals surface area (Å²) in [5, 5.41) is 23.5. The Balaban J connectivity index is 1.31. The average molecular weight is 518 g/mol. The number of nitro groups is 1. The van der Waals surface area contributed by atoms with Gasteiger partial charge in [-0.05, 0) is 97.1 Å². The van der Waals surface area contributed by atoms with Crippen LogP contribution < -0.4 is 15.0 Å². The Hall–Kier alpha value is -4.21. The van der Waals surface area contributed by atoms with Crippen molar-refractivity contribution in [3.8, 4) is 11.5 Å². The number of ether oxygens (including phenoxy) is 1. The quantitative estimate of drug-likeness (QED) is 0.259. The van der Waals surface area contributed by atoms with Gasteiger partial charge in [0.05, 0.1) is 17.7 Å². The lowest BCUT2D eigenvalue weighted by Crippen LogP contribution is -2.54. The minimum absolute atomic E-state index is 0.0799. The topological polar surface area (TPSA) is 139 Å². The average Bonchev–Trinajstić information content (AvgIpc) is 2.86. The summed E-state index contributed by atoms with van der Waals surface area (Å²) >= 11 is 0. The summed E-state index contributed by atoms with van der Waals surface area (Å²) in [6, 6.07) is 8.90. The van der Waals surface area contributed by atoms with Crippen molar-refractivity contribution in [3.63, 3.8) is 0 Å². The molecule has 7 rings (SSSR count). The summed E-state index contributed by atoms with van der Waals surface area (Å²) < 4.78 is 4.99.